The number of benzene rings is 2. The van der Waals surface area contributed by atoms with Crippen molar-refractivity contribution in [1.29, 1.82) is 0 Å². The first-order valence-corrected chi connectivity index (χ1v) is 5.27. The van der Waals surface area contributed by atoms with E-state index in [0.717, 1.165) is 11.1 Å². The Morgan fingerprint density at radius 2 is 1.67 bits per heavy atom. The lowest BCUT2D eigenvalue weighted by atomic mass is 10.1. The topological polar surface area (TPSA) is 69.2 Å². The first-order chi connectivity index (χ1) is 8.65. The Balaban J connectivity index is 2.22. The Bertz CT molecular complexity index is 637. The van der Waals surface area contributed by atoms with Gasteiger partial charge >= 0.3 is 0 Å². The van der Waals surface area contributed by atoms with Gasteiger partial charge in [0.05, 0.1) is 4.92 Å². The molecule has 0 amide bonds. The van der Waals surface area contributed by atoms with Gasteiger partial charge in [-0.3, -0.25) is 10.1 Å². The molecule has 0 fully saturated rings. The van der Waals surface area contributed by atoms with Gasteiger partial charge in [0.25, 0.3) is 5.69 Å². The maximum Gasteiger partial charge on any atom is 0.269 e. The number of nitro benzene ring substituents is 1. The lowest BCUT2D eigenvalue weighted by Crippen LogP contribution is -1.87. The molecule has 0 saturated carbocycles. The molecule has 0 heterocycles. The van der Waals surface area contributed by atoms with Crippen molar-refractivity contribution >= 4 is 11.4 Å². The number of nitrogens with two attached hydrogens (primary N) is 1. The lowest BCUT2D eigenvalue weighted by molar-refractivity contribution is -0.384. The van der Waals surface area contributed by atoms with Crippen molar-refractivity contribution < 1.29 is 4.92 Å². The summed E-state index contributed by atoms with van der Waals surface area (Å²) in [5.41, 5.74) is 7.89. The van der Waals surface area contributed by atoms with Gasteiger partial charge < -0.3 is 5.73 Å². The highest BCUT2D eigenvalue weighted by molar-refractivity contribution is 5.50. The molecular formula is C14H10N2O2. The highest BCUT2D eigenvalue weighted by atomic mass is 16.6. The van der Waals surface area contributed by atoms with Crippen LogP contribution >= 0.6 is 0 Å². The van der Waals surface area contributed by atoms with Gasteiger partial charge in [-0.1, -0.05) is 17.9 Å². The van der Waals surface area contributed by atoms with E-state index in [1.807, 2.05) is 12.1 Å². The van der Waals surface area contributed by atoms with E-state index >= 15 is 0 Å². The molecule has 4 heteroatoms. The number of nitro groups is 1. The van der Waals surface area contributed by atoms with Crippen molar-refractivity contribution in [3.63, 3.8) is 0 Å². The fourth-order valence-corrected chi connectivity index (χ4v) is 1.43. The zero-order valence-corrected chi connectivity index (χ0v) is 9.46. The Kier molecular flexibility index (Phi) is 3.26. The van der Waals surface area contributed by atoms with Crippen LogP contribution < -0.4 is 5.73 Å². The van der Waals surface area contributed by atoms with Gasteiger partial charge in [-0.15, -0.1) is 0 Å². The third-order valence-electron chi connectivity index (χ3n) is 2.32. The summed E-state index contributed by atoms with van der Waals surface area (Å²) in [7, 11) is 0. The molecule has 0 saturated heterocycles. The second kappa shape index (κ2) is 5.02. The van der Waals surface area contributed by atoms with Gasteiger partial charge in [0.15, 0.2) is 0 Å². The van der Waals surface area contributed by atoms with E-state index in [4.69, 9.17) is 5.73 Å². The number of non-ortho nitro benzene ring substituents is 1. The Labute approximate surface area is 104 Å². The predicted octanol–water partition coefficient (Wildman–Crippen LogP) is 2.58. The normalized spacial score (nSPS) is 9.33. The minimum atomic E-state index is -0.435. The second-order valence-electron chi connectivity index (χ2n) is 3.68. The van der Waals surface area contributed by atoms with Crippen LogP contribution in [0.4, 0.5) is 11.4 Å². The monoisotopic (exact) mass is 238 g/mol. The zero-order valence-electron chi connectivity index (χ0n) is 9.46. The minimum Gasteiger partial charge on any atom is -0.399 e. The van der Waals surface area contributed by atoms with Crippen molar-refractivity contribution in [2.45, 2.75) is 0 Å². The predicted molar refractivity (Wildman–Crippen MR) is 69.9 cm³/mol. The maximum atomic E-state index is 10.5. The Morgan fingerprint density at radius 3 is 2.28 bits per heavy atom. The summed E-state index contributed by atoms with van der Waals surface area (Å²) >= 11 is 0. The number of hydrogen-bond donors (Lipinski definition) is 1. The highest BCUT2D eigenvalue weighted by Crippen LogP contribution is 2.11. The van der Waals surface area contributed by atoms with Crippen LogP contribution in [0.25, 0.3) is 0 Å². The van der Waals surface area contributed by atoms with Crippen LogP contribution in [0.3, 0.4) is 0 Å². The lowest BCUT2D eigenvalue weighted by Gasteiger charge is -1.93. The summed E-state index contributed by atoms with van der Waals surface area (Å²) in [6.07, 6.45) is 0. The first kappa shape index (κ1) is 11.7. The molecule has 0 aliphatic heterocycles. The van der Waals surface area contributed by atoms with Crippen LogP contribution in [-0.2, 0) is 0 Å². The average molecular weight is 238 g/mol. The third kappa shape index (κ3) is 2.86. The molecular weight excluding hydrogens is 228 g/mol. The summed E-state index contributed by atoms with van der Waals surface area (Å²) in [5, 5.41) is 10.5. The maximum absolute atomic E-state index is 10.5. The summed E-state index contributed by atoms with van der Waals surface area (Å²) < 4.78 is 0. The molecule has 0 atom stereocenters. The molecule has 88 valence electrons. The molecule has 18 heavy (non-hydrogen) atoms. The minimum absolute atomic E-state index is 0.0597. The molecule has 0 radical (unpaired) electrons. The molecule has 0 aliphatic rings. The molecule has 4 nitrogen and oxygen atoms in total. The van der Waals surface area contributed by atoms with Gasteiger partial charge in [-0.05, 0) is 30.3 Å². The van der Waals surface area contributed by atoms with E-state index in [1.165, 1.54) is 12.1 Å². The Morgan fingerprint density at radius 1 is 1.00 bits per heavy atom. The summed E-state index contributed by atoms with van der Waals surface area (Å²) in [5.74, 6) is 5.88. The van der Waals surface area contributed by atoms with Crippen LogP contribution in [0.15, 0.2) is 48.5 Å². The molecule has 2 aromatic rings. The van der Waals surface area contributed by atoms with Gasteiger partial charge in [0.1, 0.15) is 0 Å². The van der Waals surface area contributed by atoms with Crippen LogP contribution in [0.5, 0.6) is 0 Å². The molecule has 0 aliphatic carbocycles. The van der Waals surface area contributed by atoms with Gasteiger partial charge in [-0.2, -0.15) is 0 Å². The van der Waals surface area contributed by atoms with E-state index in [0.29, 0.717) is 5.69 Å². The van der Waals surface area contributed by atoms with E-state index in [9.17, 15) is 10.1 Å². The standard InChI is InChI=1S/C14H10N2O2/c15-13-3-1-2-12(10-13)5-4-11-6-8-14(9-7-11)16(17)18/h1-3,6-10H,15H2. The van der Waals surface area contributed by atoms with Crippen LogP contribution in [-0.4, -0.2) is 4.92 Å². The van der Waals surface area contributed by atoms with Crippen molar-refractivity contribution in [2.75, 3.05) is 5.73 Å². The molecule has 0 spiro atoms. The number of nitrogens with zero attached hydrogens (tertiary/aromatic N) is 1. The number of anilines is 1. The molecule has 0 aromatic heterocycles. The van der Waals surface area contributed by atoms with Gasteiger partial charge in [-0.25, -0.2) is 0 Å². The van der Waals surface area contributed by atoms with Crippen molar-refractivity contribution in [3.8, 4) is 11.8 Å². The van der Waals surface area contributed by atoms with E-state index in [-0.39, 0.29) is 5.69 Å². The first-order valence-electron chi connectivity index (χ1n) is 5.27. The van der Waals surface area contributed by atoms with Gasteiger partial charge in [0, 0.05) is 28.9 Å². The smallest absolute Gasteiger partial charge is 0.269 e. The van der Waals surface area contributed by atoms with Crippen molar-refractivity contribution in [2.24, 2.45) is 0 Å². The third-order valence-corrected chi connectivity index (χ3v) is 2.32. The highest BCUT2D eigenvalue weighted by Gasteiger charge is 2.02. The molecule has 0 unspecified atom stereocenters. The number of hydrogen-bond acceptors (Lipinski definition) is 3. The fourth-order valence-electron chi connectivity index (χ4n) is 1.43. The van der Waals surface area contributed by atoms with Crippen LogP contribution in [0.1, 0.15) is 11.1 Å². The fraction of sp³-hybridized carbons (Fsp3) is 0. The quantitative estimate of drug-likeness (QED) is 0.359. The summed E-state index contributed by atoms with van der Waals surface area (Å²) in [6, 6.07) is 13.4. The number of rotatable bonds is 1. The van der Waals surface area contributed by atoms with Gasteiger partial charge in [0.2, 0.25) is 0 Å². The van der Waals surface area contributed by atoms with Crippen molar-refractivity contribution in [3.05, 3.63) is 69.8 Å². The second-order valence-corrected chi connectivity index (χ2v) is 3.68. The largest absolute Gasteiger partial charge is 0.399 e. The molecule has 2 N–H and O–H groups in total. The van der Waals surface area contributed by atoms with E-state index in [1.54, 1.807) is 24.3 Å². The number of nitrogen functional groups attached to an aromatic ring is 1. The molecule has 2 aromatic carbocycles. The van der Waals surface area contributed by atoms with E-state index in [2.05, 4.69) is 11.8 Å². The summed E-state index contributed by atoms with van der Waals surface area (Å²) in [4.78, 5) is 10.0. The zero-order chi connectivity index (χ0) is 13.0. The molecule has 2 rings (SSSR count). The summed E-state index contributed by atoms with van der Waals surface area (Å²) in [6.45, 7) is 0. The SMILES string of the molecule is Nc1cccc(C#Cc2ccc([N+](=O)[O-])cc2)c1. The Hall–Kier alpha value is -2.80. The average Bonchev–Trinajstić information content (AvgIpc) is 2.37. The molecule has 0 bridgehead atoms. The van der Waals surface area contributed by atoms with E-state index < -0.39 is 4.92 Å². The van der Waals surface area contributed by atoms with Crippen molar-refractivity contribution in [1.82, 2.24) is 0 Å². The van der Waals surface area contributed by atoms with Crippen LogP contribution in [0.2, 0.25) is 0 Å². The van der Waals surface area contributed by atoms with Crippen LogP contribution in [0, 0.1) is 22.0 Å².